The lowest BCUT2D eigenvalue weighted by atomic mass is 10.00. The maximum atomic E-state index is 15.5. The van der Waals surface area contributed by atoms with Gasteiger partial charge in [-0.1, -0.05) is 18.2 Å². The Hall–Kier alpha value is -3.09. The van der Waals surface area contributed by atoms with Crippen molar-refractivity contribution in [3.05, 3.63) is 53.2 Å². The van der Waals surface area contributed by atoms with Gasteiger partial charge in [-0.3, -0.25) is 9.78 Å². The van der Waals surface area contributed by atoms with Crippen LogP contribution >= 0.6 is 7.14 Å². The number of carbonyl (C=O) groups excluding carboxylic acids is 1. The summed E-state index contributed by atoms with van der Waals surface area (Å²) in [5.74, 6) is -4.37. The molecule has 0 saturated carbocycles. The van der Waals surface area contributed by atoms with Crippen LogP contribution in [0.25, 0.3) is 10.9 Å². The summed E-state index contributed by atoms with van der Waals surface area (Å²) < 4.78 is 83.1. The molecule has 4 rings (SSSR count). The number of hydrogen-bond acceptors (Lipinski definition) is 8. The molecule has 222 valence electrons. The van der Waals surface area contributed by atoms with Crippen molar-refractivity contribution in [1.29, 1.82) is 0 Å². The van der Waals surface area contributed by atoms with Gasteiger partial charge >= 0.3 is 0 Å². The molecule has 1 fully saturated rings. The average Bonchev–Trinajstić information content (AvgIpc) is 2.87. The maximum Gasteiger partial charge on any atom is 0.289 e. The van der Waals surface area contributed by atoms with Crippen molar-refractivity contribution in [2.45, 2.75) is 32.7 Å². The lowest BCUT2D eigenvalue weighted by Crippen LogP contribution is -2.40. The predicted octanol–water partition coefficient (Wildman–Crippen LogP) is 3.48. The second-order valence-corrected chi connectivity index (χ2v) is 15.5. The molecule has 41 heavy (non-hydrogen) atoms. The number of nitrogens with zero attached hydrogens (tertiary/aromatic N) is 5. The molecule has 0 spiro atoms. The molecule has 1 atom stereocenters. The first-order valence-electron chi connectivity index (χ1n) is 12.8. The zero-order valence-corrected chi connectivity index (χ0v) is 25.1. The topological polar surface area (TPSA) is 125 Å². The van der Waals surface area contributed by atoms with E-state index in [0.717, 1.165) is 19.4 Å². The molecule has 0 bridgehead atoms. The lowest BCUT2D eigenvalue weighted by Gasteiger charge is -2.31. The molecule has 1 N–H and O–H groups in total. The Morgan fingerprint density at radius 2 is 1.90 bits per heavy atom. The van der Waals surface area contributed by atoms with Crippen LogP contribution in [-0.4, -0.2) is 83.7 Å². The number of sulfonamides is 1. The largest absolute Gasteiger partial charge is 0.363 e. The number of anilines is 1. The number of rotatable bonds is 8. The number of amides is 1. The number of alkyl halides is 2. The van der Waals surface area contributed by atoms with Crippen molar-refractivity contribution in [1.82, 2.24) is 24.2 Å². The van der Waals surface area contributed by atoms with Gasteiger partial charge in [-0.25, -0.2) is 22.8 Å². The molecule has 2 aromatic heterocycles. The first-order chi connectivity index (χ1) is 19.0. The third-order valence-electron chi connectivity index (χ3n) is 7.23. The van der Waals surface area contributed by atoms with E-state index in [-0.39, 0.29) is 29.6 Å². The van der Waals surface area contributed by atoms with Gasteiger partial charge < -0.3 is 14.8 Å². The number of hydrogen-bond donors (Lipinski definition) is 1. The molecule has 3 aromatic rings. The molecular weight excluding hydrogens is 580 g/mol. The number of fused-ring (bicyclic) bond motifs is 1. The number of carbonyl (C=O) groups is 1. The number of aryl methyl sites for hydroxylation is 1. The monoisotopic (exact) mass is 612 g/mol. The van der Waals surface area contributed by atoms with Crippen molar-refractivity contribution in [2.24, 2.45) is 0 Å². The molecule has 15 heteroatoms. The quantitative estimate of drug-likeness (QED) is 0.384. The van der Waals surface area contributed by atoms with Crippen LogP contribution in [-0.2, 0) is 25.3 Å². The number of halogens is 3. The average molecular weight is 613 g/mol. The minimum Gasteiger partial charge on any atom is -0.363 e. The predicted molar refractivity (Wildman–Crippen MR) is 151 cm³/mol. The Bertz CT molecular complexity index is 1640. The zero-order chi connectivity index (χ0) is 30.3. The molecule has 0 radical (unpaired) electrons. The molecular formula is C26H32F3N6O4PS. The van der Waals surface area contributed by atoms with Crippen LogP contribution in [0.15, 0.2) is 30.5 Å². The Labute approximate surface area is 236 Å². The molecule has 1 amide bonds. The highest BCUT2D eigenvalue weighted by Crippen LogP contribution is 2.46. The number of aromatic nitrogens is 3. The maximum absolute atomic E-state index is 15.5. The summed E-state index contributed by atoms with van der Waals surface area (Å²) >= 11 is 0. The first kappa shape index (κ1) is 30.9. The molecule has 0 unspecified atom stereocenters. The molecule has 3 heterocycles. The summed E-state index contributed by atoms with van der Waals surface area (Å²) in [6, 6.07) is 4.36. The fourth-order valence-corrected chi connectivity index (χ4v) is 7.57. The fraction of sp³-hybridized carbons (Fsp3) is 0.462. The van der Waals surface area contributed by atoms with Crippen LogP contribution in [0.3, 0.4) is 0 Å². The van der Waals surface area contributed by atoms with E-state index in [0.29, 0.717) is 39.6 Å². The Morgan fingerprint density at radius 3 is 2.51 bits per heavy atom. The third-order valence-corrected chi connectivity index (χ3v) is 11.4. The Balaban J connectivity index is 1.66. The van der Waals surface area contributed by atoms with E-state index in [1.165, 1.54) is 25.3 Å². The smallest absolute Gasteiger partial charge is 0.289 e. The van der Waals surface area contributed by atoms with Crippen LogP contribution in [0.4, 0.5) is 19.0 Å². The fourth-order valence-electron chi connectivity index (χ4n) is 4.73. The highest BCUT2D eigenvalue weighted by atomic mass is 32.2. The SMILES string of the molecule is CC(=O)N1CCP(=O)(c2cc3c(N[C@H](C)c4cccc(C(F)(F)CN(C)S(C)(=O)=O)c4F)nc(C)nc3cn2)CC1. The van der Waals surface area contributed by atoms with Crippen molar-refractivity contribution in [3.8, 4) is 0 Å². The molecule has 1 aromatic carbocycles. The van der Waals surface area contributed by atoms with Crippen LogP contribution in [0.2, 0.25) is 0 Å². The third kappa shape index (κ3) is 6.54. The van der Waals surface area contributed by atoms with Crippen LogP contribution in [0, 0.1) is 12.7 Å². The van der Waals surface area contributed by atoms with Crippen molar-refractivity contribution in [2.75, 3.05) is 50.6 Å². The van der Waals surface area contributed by atoms with Crippen molar-refractivity contribution >= 4 is 45.2 Å². The minimum atomic E-state index is -3.91. The summed E-state index contributed by atoms with van der Waals surface area (Å²) in [7, 11) is -5.81. The van der Waals surface area contributed by atoms with E-state index >= 15 is 13.2 Å². The van der Waals surface area contributed by atoms with Gasteiger partial charge in [-0.15, -0.1) is 0 Å². The van der Waals surface area contributed by atoms with Gasteiger partial charge in [0.1, 0.15) is 30.0 Å². The van der Waals surface area contributed by atoms with Crippen molar-refractivity contribution in [3.63, 3.8) is 0 Å². The summed E-state index contributed by atoms with van der Waals surface area (Å²) in [6.07, 6.45) is 2.87. The van der Waals surface area contributed by atoms with E-state index < -0.39 is 47.1 Å². The molecule has 1 aliphatic heterocycles. The highest BCUT2D eigenvalue weighted by Gasteiger charge is 2.39. The van der Waals surface area contributed by atoms with Gasteiger partial charge in [-0.05, 0) is 19.9 Å². The highest BCUT2D eigenvalue weighted by molar-refractivity contribution is 7.88. The Morgan fingerprint density at radius 1 is 1.24 bits per heavy atom. The summed E-state index contributed by atoms with van der Waals surface area (Å²) in [6.45, 7) is 4.20. The molecule has 1 saturated heterocycles. The zero-order valence-electron chi connectivity index (χ0n) is 23.4. The summed E-state index contributed by atoms with van der Waals surface area (Å²) in [5.41, 5.74) is -0.176. The van der Waals surface area contributed by atoms with Gasteiger partial charge in [0, 0.05) is 50.3 Å². The van der Waals surface area contributed by atoms with E-state index in [4.69, 9.17) is 0 Å². The lowest BCUT2D eigenvalue weighted by molar-refractivity contribution is -0.128. The molecule has 1 aliphatic rings. The van der Waals surface area contributed by atoms with Gasteiger partial charge in [-0.2, -0.15) is 13.1 Å². The van der Waals surface area contributed by atoms with Gasteiger partial charge in [0.25, 0.3) is 5.92 Å². The van der Waals surface area contributed by atoms with Crippen LogP contribution < -0.4 is 10.8 Å². The van der Waals surface area contributed by atoms with E-state index in [1.807, 2.05) is 0 Å². The normalized spacial score (nSPS) is 16.7. The standard InChI is InChI=1S/C26H32F3N6O4PS/c1-16(19-7-6-8-21(24(19)27)26(28,29)15-34(4)41(5,38)39)31-25-20-13-23(30-14-22(20)32-17(2)33-25)40(37)11-9-35(10-12-40)18(3)36/h6-8,13-14,16H,9-12,15H2,1-5H3,(H,31,32,33)/t16-/m1/s1. The second kappa shape index (κ2) is 11.3. The number of pyridine rings is 1. The van der Waals surface area contributed by atoms with Crippen LogP contribution in [0.5, 0.6) is 0 Å². The van der Waals surface area contributed by atoms with E-state index in [1.54, 1.807) is 24.8 Å². The number of likely N-dealkylation sites (N-methyl/N-ethyl adjacent to an activating group) is 1. The van der Waals surface area contributed by atoms with E-state index in [9.17, 15) is 17.8 Å². The van der Waals surface area contributed by atoms with Gasteiger partial charge in [0.2, 0.25) is 15.9 Å². The van der Waals surface area contributed by atoms with Gasteiger partial charge in [0.05, 0.1) is 36.1 Å². The summed E-state index contributed by atoms with van der Waals surface area (Å²) in [5, 5.41) is 3.56. The van der Waals surface area contributed by atoms with E-state index in [2.05, 4.69) is 20.3 Å². The number of benzene rings is 1. The Kier molecular flexibility index (Phi) is 8.50. The first-order valence-corrected chi connectivity index (χ1v) is 16.8. The second-order valence-electron chi connectivity index (χ2n) is 10.3. The minimum absolute atomic E-state index is 0.0766. The van der Waals surface area contributed by atoms with Gasteiger partial charge in [0.15, 0.2) is 0 Å². The summed E-state index contributed by atoms with van der Waals surface area (Å²) in [4.78, 5) is 26.6. The molecule has 10 nitrogen and oxygen atoms in total. The van der Waals surface area contributed by atoms with Crippen LogP contribution in [0.1, 0.15) is 36.8 Å². The molecule has 0 aliphatic carbocycles. The number of nitrogens with one attached hydrogen (secondary N) is 1. The van der Waals surface area contributed by atoms with Crippen molar-refractivity contribution < 1.29 is 30.9 Å².